The molecule has 1 fully saturated rings. The molecule has 2 amide bonds. The molecule has 128 valence electrons. The first kappa shape index (κ1) is 18.0. The van der Waals surface area contributed by atoms with Gasteiger partial charge in [0.25, 0.3) is 0 Å². The molecule has 1 aromatic carbocycles. The number of amides is 2. The second-order valence-corrected chi connectivity index (χ2v) is 7.12. The van der Waals surface area contributed by atoms with Crippen LogP contribution in [0.25, 0.3) is 0 Å². The highest BCUT2D eigenvalue weighted by atomic mass is 32.2. The number of hydrogen-bond acceptors (Lipinski definition) is 3. The molecule has 0 saturated carbocycles. The number of piperidine rings is 1. The van der Waals surface area contributed by atoms with Gasteiger partial charge < -0.3 is 15.3 Å². The van der Waals surface area contributed by atoms with Crippen molar-refractivity contribution >= 4 is 17.8 Å². The van der Waals surface area contributed by atoms with Crippen LogP contribution in [0.5, 0.6) is 0 Å². The van der Waals surface area contributed by atoms with Gasteiger partial charge >= 0.3 is 6.03 Å². The van der Waals surface area contributed by atoms with Crippen LogP contribution in [0.15, 0.2) is 18.2 Å². The van der Waals surface area contributed by atoms with E-state index in [-0.39, 0.29) is 37.5 Å². The van der Waals surface area contributed by atoms with Gasteiger partial charge in [0.15, 0.2) is 0 Å². The van der Waals surface area contributed by atoms with Crippen molar-refractivity contribution < 1.29 is 18.7 Å². The highest BCUT2D eigenvalue weighted by Gasteiger charge is 2.39. The maximum absolute atomic E-state index is 13.9. The third kappa shape index (κ3) is 4.14. The van der Waals surface area contributed by atoms with Gasteiger partial charge in [-0.05, 0) is 31.2 Å². The zero-order valence-electron chi connectivity index (χ0n) is 13.3. The summed E-state index contributed by atoms with van der Waals surface area (Å²) in [5, 5.41) is 13.8. The minimum absolute atomic E-state index is 0.107. The van der Waals surface area contributed by atoms with Crippen LogP contribution in [0.4, 0.5) is 13.6 Å². The third-order valence-corrected chi connectivity index (χ3v) is 5.22. The van der Waals surface area contributed by atoms with Crippen molar-refractivity contribution in [2.45, 2.75) is 30.6 Å². The number of carbonyl (C=O) groups excluding carboxylic acids is 1. The quantitative estimate of drug-likeness (QED) is 0.883. The fourth-order valence-corrected chi connectivity index (χ4v) is 2.95. The van der Waals surface area contributed by atoms with Crippen molar-refractivity contribution in [2.24, 2.45) is 0 Å². The summed E-state index contributed by atoms with van der Waals surface area (Å²) in [6.07, 6.45) is 2.19. The highest BCUT2D eigenvalue weighted by Crippen LogP contribution is 2.35. The van der Waals surface area contributed by atoms with Crippen LogP contribution < -0.4 is 5.32 Å². The van der Waals surface area contributed by atoms with Crippen LogP contribution in [-0.2, 0) is 5.60 Å². The largest absolute Gasteiger partial charge is 0.385 e. The van der Waals surface area contributed by atoms with Gasteiger partial charge in [0.1, 0.15) is 11.6 Å². The van der Waals surface area contributed by atoms with E-state index in [1.165, 1.54) is 6.07 Å². The molecule has 7 heteroatoms. The normalized spacial score (nSPS) is 18.6. The average Bonchev–Trinajstić information content (AvgIpc) is 2.52. The van der Waals surface area contributed by atoms with E-state index in [9.17, 15) is 18.7 Å². The average molecular weight is 344 g/mol. The molecule has 0 aliphatic carbocycles. The molecule has 1 aliphatic heterocycles. The molecule has 1 aliphatic rings. The Morgan fingerprint density at radius 2 is 1.96 bits per heavy atom. The van der Waals surface area contributed by atoms with Gasteiger partial charge in [-0.15, -0.1) is 0 Å². The number of nitrogens with one attached hydrogen (secondary N) is 1. The van der Waals surface area contributed by atoms with Gasteiger partial charge in [-0.25, -0.2) is 13.6 Å². The van der Waals surface area contributed by atoms with Crippen molar-refractivity contribution in [3.63, 3.8) is 0 Å². The minimum Gasteiger partial charge on any atom is -0.385 e. The van der Waals surface area contributed by atoms with E-state index in [0.29, 0.717) is 11.8 Å². The topological polar surface area (TPSA) is 52.6 Å². The lowest BCUT2D eigenvalue weighted by Crippen LogP contribution is -2.50. The van der Waals surface area contributed by atoms with Crippen molar-refractivity contribution in [3.8, 4) is 0 Å². The number of nitrogens with zero attached hydrogens (tertiary/aromatic N) is 1. The van der Waals surface area contributed by atoms with Crippen LogP contribution >= 0.6 is 11.8 Å². The Bertz CT molecular complexity index is 543. The van der Waals surface area contributed by atoms with E-state index < -0.39 is 17.2 Å². The molecule has 2 rings (SSSR count). The summed E-state index contributed by atoms with van der Waals surface area (Å²) in [5.74, 6) is -1.50. The summed E-state index contributed by atoms with van der Waals surface area (Å²) in [5.41, 5.74) is -1.87. The lowest BCUT2D eigenvalue weighted by Gasteiger charge is -2.38. The van der Waals surface area contributed by atoms with Crippen LogP contribution in [0, 0.1) is 11.6 Å². The molecule has 1 saturated heterocycles. The van der Waals surface area contributed by atoms with E-state index in [4.69, 9.17) is 0 Å². The fraction of sp³-hybridized carbons (Fsp3) is 0.562. The predicted molar refractivity (Wildman–Crippen MR) is 87.4 cm³/mol. The molecule has 4 nitrogen and oxygen atoms in total. The Hall–Kier alpha value is -1.34. The van der Waals surface area contributed by atoms with Crippen molar-refractivity contribution in [1.29, 1.82) is 0 Å². The summed E-state index contributed by atoms with van der Waals surface area (Å²) in [6.45, 7) is 3.08. The first-order valence-electron chi connectivity index (χ1n) is 7.60. The van der Waals surface area contributed by atoms with Crippen LogP contribution in [-0.4, -0.2) is 47.2 Å². The summed E-state index contributed by atoms with van der Waals surface area (Å²) >= 11 is 1.66. The lowest BCUT2D eigenvalue weighted by atomic mass is 9.84. The van der Waals surface area contributed by atoms with Gasteiger partial charge in [-0.3, -0.25) is 0 Å². The Labute approximate surface area is 139 Å². The number of benzene rings is 1. The van der Waals surface area contributed by atoms with Crippen molar-refractivity contribution in [3.05, 3.63) is 35.4 Å². The Morgan fingerprint density at radius 3 is 2.48 bits per heavy atom. The number of likely N-dealkylation sites (tertiary alicyclic amines) is 1. The first-order valence-corrected chi connectivity index (χ1v) is 8.88. The lowest BCUT2D eigenvalue weighted by molar-refractivity contribution is -0.0223. The van der Waals surface area contributed by atoms with Gasteiger partial charge in [0.2, 0.25) is 0 Å². The molecule has 0 bridgehead atoms. The van der Waals surface area contributed by atoms with Gasteiger partial charge in [0, 0.05) is 24.9 Å². The predicted octanol–water partition coefficient (Wildman–Crippen LogP) is 2.71. The molecule has 1 unspecified atom stereocenters. The number of hydrogen-bond donors (Lipinski definition) is 2. The van der Waals surface area contributed by atoms with Gasteiger partial charge in [-0.1, -0.05) is 13.0 Å². The smallest absolute Gasteiger partial charge is 0.317 e. The molecular weight excluding hydrogens is 322 g/mol. The Morgan fingerprint density at radius 1 is 1.39 bits per heavy atom. The number of aliphatic hydroxyl groups is 1. The molecular formula is C16H22F2N2O2S. The maximum Gasteiger partial charge on any atom is 0.317 e. The zero-order valence-corrected chi connectivity index (χ0v) is 14.1. The standard InChI is InChI=1S/C16H22F2N2O2S/c1-11(23-2)10-19-15(21)20-8-6-16(22,7-9-20)14-12(17)4-3-5-13(14)18/h3-5,11,22H,6-10H2,1-2H3,(H,19,21). The molecule has 0 spiro atoms. The number of thioether (sulfide) groups is 1. The molecule has 0 radical (unpaired) electrons. The van der Waals surface area contributed by atoms with Crippen molar-refractivity contribution in [1.82, 2.24) is 10.2 Å². The number of carbonyl (C=O) groups is 1. The van der Waals surface area contributed by atoms with Gasteiger partial charge in [0.05, 0.1) is 11.2 Å². The number of rotatable bonds is 4. The summed E-state index contributed by atoms with van der Waals surface area (Å²) in [4.78, 5) is 13.6. The first-order chi connectivity index (χ1) is 10.9. The Balaban J connectivity index is 1.99. The molecule has 1 aromatic rings. The highest BCUT2D eigenvalue weighted by molar-refractivity contribution is 7.99. The number of halogens is 2. The van der Waals surface area contributed by atoms with E-state index in [1.54, 1.807) is 16.7 Å². The number of urea groups is 1. The van der Waals surface area contributed by atoms with Crippen LogP contribution in [0.1, 0.15) is 25.3 Å². The van der Waals surface area contributed by atoms with E-state index in [0.717, 1.165) is 12.1 Å². The molecule has 1 heterocycles. The SMILES string of the molecule is CSC(C)CNC(=O)N1CCC(O)(c2c(F)cccc2F)CC1. The van der Waals surface area contributed by atoms with Crippen LogP contribution in [0.2, 0.25) is 0 Å². The zero-order chi connectivity index (χ0) is 17.0. The maximum atomic E-state index is 13.9. The molecule has 2 N–H and O–H groups in total. The molecule has 23 heavy (non-hydrogen) atoms. The molecule has 0 aromatic heterocycles. The van der Waals surface area contributed by atoms with Gasteiger partial charge in [-0.2, -0.15) is 11.8 Å². The monoisotopic (exact) mass is 344 g/mol. The second-order valence-electron chi connectivity index (χ2n) is 5.85. The van der Waals surface area contributed by atoms with Crippen molar-refractivity contribution in [2.75, 3.05) is 25.9 Å². The second kappa shape index (κ2) is 7.49. The summed E-state index contributed by atoms with van der Waals surface area (Å²) in [6, 6.07) is 3.34. The van der Waals surface area contributed by atoms with E-state index >= 15 is 0 Å². The van der Waals surface area contributed by atoms with E-state index in [1.807, 2.05) is 13.2 Å². The minimum atomic E-state index is -1.57. The van der Waals surface area contributed by atoms with Crippen LogP contribution in [0.3, 0.4) is 0 Å². The van der Waals surface area contributed by atoms with E-state index in [2.05, 4.69) is 5.32 Å². The fourth-order valence-electron chi connectivity index (χ4n) is 2.70. The third-order valence-electron chi connectivity index (χ3n) is 4.25. The summed E-state index contributed by atoms with van der Waals surface area (Å²) < 4.78 is 27.8. The molecule has 1 atom stereocenters. The Kier molecular flexibility index (Phi) is 5.86. The summed E-state index contributed by atoms with van der Waals surface area (Å²) in [7, 11) is 0.